The number of carbonyl (C=O) groups excluding carboxylic acids is 3. The number of anilines is 1. The summed E-state index contributed by atoms with van der Waals surface area (Å²) in [5, 5.41) is 5.34. The van der Waals surface area contributed by atoms with E-state index in [0.29, 0.717) is 17.7 Å². The Balaban J connectivity index is 2.04. The molecular formula is C21H24N2O4. The Hall–Kier alpha value is -3.15. The Kier molecular flexibility index (Phi) is 7.55. The third kappa shape index (κ3) is 6.26. The van der Waals surface area contributed by atoms with Crippen molar-refractivity contribution in [2.24, 2.45) is 0 Å². The van der Waals surface area contributed by atoms with E-state index in [1.165, 1.54) is 19.6 Å². The number of amides is 2. The van der Waals surface area contributed by atoms with Gasteiger partial charge in [0.1, 0.15) is 6.04 Å². The molecule has 6 nitrogen and oxygen atoms in total. The van der Waals surface area contributed by atoms with E-state index in [4.69, 9.17) is 4.74 Å². The topological polar surface area (TPSA) is 84.5 Å². The first-order chi connectivity index (χ1) is 13.0. The summed E-state index contributed by atoms with van der Waals surface area (Å²) in [6, 6.07) is 15.8. The standard InChI is InChI=1S/C21H24N2O4/c1-15(24)22-18-13-7-6-12-17(18)20(25)23-19(21(26)27-2)14-8-11-16-9-4-3-5-10-16/h3-7,9-10,12-13,19H,8,11,14H2,1-2H3,(H,22,24)(H,23,25)/t19-/m0/s1. The van der Waals surface area contributed by atoms with Crippen molar-refractivity contribution in [1.29, 1.82) is 0 Å². The Bertz CT molecular complexity index is 790. The second-order valence-electron chi connectivity index (χ2n) is 6.15. The summed E-state index contributed by atoms with van der Waals surface area (Å²) in [5.41, 5.74) is 1.86. The van der Waals surface area contributed by atoms with Crippen molar-refractivity contribution in [3.05, 3.63) is 65.7 Å². The number of nitrogens with one attached hydrogen (secondary N) is 2. The van der Waals surface area contributed by atoms with E-state index in [1.54, 1.807) is 24.3 Å². The number of hydrogen-bond donors (Lipinski definition) is 2. The Labute approximate surface area is 158 Å². The smallest absolute Gasteiger partial charge is 0.328 e. The molecule has 2 amide bonds. The fraction of sp³-hybridized carbons (Fsp3) is 0.286. The lowest BCUT2D eigenvalue weighted by atomic mass is 10.0. The summed E-state index contributed by atoms with van der Waals surface area (Å²) in [6.45, 7) is 1.37. The summed E-state index contributed by atoms with van der Waals surface area (Å²) in [4.78, 5) is 36.0. The van der Waals surface area contributed by atoms with E-state index in [1.807, 2.05) is 30.3 Å². The highest BCUT2D eigenvalue weighted by atomic mass is 16.5. The van der Waals surface area contributed by atoms with Gasteiger partial charge in [0.2, 0.25) is 5.91 Å². The number of hydrogen-bond acceptors (Lipinski definition) is 4. The van der Waals surface area contributed by atoms with Crippen LogP contribution in [0.5, 0.6) is 0 Å². The van der Waals surface area contributed by atoms with Crippen LogP contribution >= 0.6 is 0 Å². The molecule has 6 heteroatoms. The van der Waals surface area contributed by atoms with Crippen molar-refractivity contribution >= 4 is 23.5 Å². The van der Waals surface area contributed by atoms with Crippen molar-refractivity contribution in [2.45, 2.75) is 32.2 Å². The molecule has 0 aliphatic rings. The number of benzene rings is 2. The van der Waals surface area contributed by atoms with Gasteiger partial charge in [0.15, 0.2) is 0 Å². The second kappa shape index (κ2) is 10.1. The van der Waals surface area contributed by atoms with Gasteiger partial charge in [-0.15, -0.1) is 0 Å². The molecule has 0 saturated heterocycles. The van der Waals surface area contributed by atoms with Crippen LogP contribution in [0.3, 0.4) is 0 Å². The molecule has 0 spiro atoms. The summed E-state index contributed by atoms with van der Waals surface area (Å²) in [5.74, 6) is -1.20. The first kappa shape index (κ1) is 20.2. The second-order valence-corrected chi connectivity index (χ2v) is 6.15. The zero-order valence-corrected chi connectivity index (χ0v) is 15.5. The molecule has 0 aliphatic heterocycles. The van der Waals surface area contributed by atoms with E-state index >= 15 is 0 Å². The summed E-state index contributed by atoms with van der Waals surface area (Å²) in [6.07, 6.45) is 1.97. The third-order valence-corrected chi connectivity index (χ3v) is 4.07. The van der Waals surface area contributed by atoms with Crippen LogP contribution in [0.1, 0.15) is 35.7 Å². The molecule has 0 aliphatic carbocycles. The highest BCUT2D eigenvalue weighted by molar-refractivity contribution is 6.04. The quantitative estimate of drug-likeness (QED) is 0.702. The first-order valence-corrected chi connectivity index (χ1v) is 8.80. The largest absolute Gasteiger partial charge is 0.467 e. The van der Waals surface area contributed by atoms with E-state index in [0.717, 1.165) is 12.8 Å². The van der Waals surface area contributed by atoms with Crippen LogP contribution < -0.4 is 10.6 Å². The van der Waals surface area contributed by atoms with Crippen LogP contribution in [-0.4, -0.2) is 30.9 Å². The van der Waals surface area contributed by atoms with Gasteiger partial charge in [-0.2, -0.15) is 0 Å². The minimum absolute atomic E-state index is 0.275. The molecule has 0 aromatic heterocycles. The molecule has 2 rings (SSSR count). The summed E-state index contributed by atoms with van der Waals surface area (Å²) >= 11 is 0. The minimum Gasteiger partial charge on any atom is -0.467 e. The predicted molar refractivity (Wildman–Crippen MR) is 103 cm³/mol. The SMILES string of the molecule is COC(=O)[C@H](CCCc1ccccc1)NC(=O)c1ccccc1NC(C)=O. The average Bonchev–Trinajstić information content (AvgIpc) is 2.67. The molecule has 27 heavy (non-hydrogen) atoms. The lowest BCUT2D eigenvalue weighted by molar-refractivity contribution is -0.143. The molecule has 142 valence electrons. The van der Waals surface area contributed by atoms with Gasteiger partial charge in [-0.1, -0.05) is 42.5 Å². The van der Waals surface area contributed by atoms with Crippen LogP contribution in [-0.2, 0) is 20.7 Å². The fourth-order valence-electron chi connectivity index (χ4n) is 2.76. The zero-order chi connectivity index (χ0) is 19.6. The summed E-state index contributed by atoms with van der Waals surface area (Å²) in [7, 11) is 1.30. The third-order valence-electron chi connectivity index (χ3n) is 4.07. The van der Waals surface area contributed by atoms with Gasteiger partial charge in [0.25, 0.3) is 5.91 Å². The number of esters is 1. The average molecular weight is 368 g/mol. The lowest BCUT2D eigenvalue weighted by Gasteiger charge is -2.18. The van der Waals surface area contributed by atoms with Gasteiger partial charge in [-0.05, 0) is 37.0 Å². The Morgan fingerprint density at radius 1 is 1.00 bits per heavy atom. The number of carbonyl (C=O) groups is 3. The van der Waals surface area contributed by atoms with Crippen molar-refractivity contribution in [1.82, 2.24) is 5.32 Å². The number of para-hydroxylation sites is 1. The molecule has 0 fully saturated rings. The van der Waals surface area contributed by atoms with Crippen LogP contribution in [0, 0.1) is 0 Å². The van der Waals surface area contributed by atoms with Crippen molar-refractivity contribution < 1.29 is 19.1 Å². The van der Waals surface area contributed by atoms with E-state index in [2.05, 4.69) is 10.6 Å². The molecular weight excluding hydrogens is 344 g/mol. The van der Waals surface area contributed by atoms with Gasteiger partial charge >= 0.3 is 5.97 Å². The highest BCUT2D eigenvalue weighted by Crippen LogP contribution is 2.16. The maximum absolute atomic E-state index is 12.6. The van der Waals surface area contributed by atoms with Crippen molar-refractivity contribution in [3.63, 3.8) is 0 Å². The van der Waals surface area contributed by atoms with Crippen LogP contribution in [0.2, 0.25) is 0 Å². The molecule has 0 bridgehead atoms. The molecule has 0 unspecified atom stereocenters. The lowest BCUT2D eigenvalue weighted by Crippen LogP contribution is -2.41. The zero-order valence-electron chi connectivity index (χ0n) is 15.5. The molecule has 1 atom stereocenters. The number of ether oxygens (including phenoxy) is 1. The molecule has 2 aromatic rings. The van der Waals surface area contributed by atoms with E-state index in [-0.39, 0.29) is 5.91 Å². The van der Waals surface area contributed by atoms with Gasteiger partial charge in [0.05, 0.1) is 18.4 Å². The summed E-state index contributed by atoms with van der Waals surface area (Å²) < 4.78 is 4.82. The Morgan fingerprint density at radius 2 is 1.67 bits per heavy atom. The van der Waals surface area contributed by atoms with Gasteiger partial charge in [0, 0.05) is 6.92 Å². The first-order valence-electron chi connectivity index (χ1n) is 8.80. The minimum atomic E-state index is -0.753. The maximum Gasteiger partial charge on any atom is 0.328 e. The van der Waals surface area contributed by atoms with Gasteiger partial charge in [-0.25, -0.2) is 4.79 Å². The monoisotopic (exact) mass is 368 g/mol. The number of methoxy groups -OCH3 is 1. The number of aryl methyl sites for hydroxylation is 1. The van der Waals surface area contributed by atoms with Gasteiger partial charge in [-0.3, -0.25) is 9.59 Å². The molecule has 0 radical (unpaired) electrons. The van der Waals surface area contributed by atoms with E-state index in [9.17, 15) is 14.4 Å². The van der Waals surface area contributed by atoms with Crippen molar-refractivity contribution in [3.8, 4) is 0 Å². The Morgan fingerprint density at radius 3 is 2.33 bits per heavy atom. The highest BCUT2D eigenvalue weighted by Gasteiger charge is 2.23. The van der Waals surface area contributed by atoms with Gasteiger partial charge < -0.3 is 15.4 Å². The molecule has 0 saturated carbocycles. The number of rotatable bonds is 8. The fourth-order valence-corrected chi connectivity index (χ4v) is 2.76. The normalized spacial score (nSPS) is 11.3. The van der Waals surface area contributed by atoms with E-state index < -0.39 is 17.9 Å². The molecule has 0 heterocycles. The van der Waals surface area contributed by atoms with Crippen LogP contribution in [0.4, 0.5) is 5.69 Å². The molecule has 2 aromatic carbocycles. The van der Waals surface area contributed by atoms with Crippen LogP contribution in [0.15, 0.2) is 54.6 Å². The molecule has 2 N–H and O–H groups in total. The van der Waals surface area contributed by atoms with Crippen LogP contribution in [0.25, 0.3) is 0 Å². The maximum atomic E-state index is 12.6. The predicted octanol–water partition coefficient (Wildman–Crippen LogP) is 2.94. The van der Waals surface area contributed by atoms with Crippen molar-refractivity contribution in [2.75, 3.05) is 12.4 Å².